The largest absolute Gasteiger partial charge is 0.439 e. The number of aromatic nitrogens is 6. The molecule has 20 heteroatoms. The van der Waals surface area contributed by atoms with E-state index in [2.05, 4.69) is 32.6 Å². The van der Waals surface area contributed by atoms with E-state index in [0.29, 0.717) is 68.9 Å². The Morgan fingerprint density at radius 1 is 0.606 bits per heavy atom. The average molecular weight is 928 g/mol. The fraction of sp³-hybridized carbons (Fsp3) is 0.304. The maximum Gasteiger partial charge on any atom is 0.254 e. The zero-order valence-electron chi connectivity index (χ0n) is 35.5. The number of halogens is 2. The Morgan fingerprint density at radius 3 is 1.29 bits per heavy atom. The molecule has 336 valence electrons. The van der Waals surface area contributed by atoms with Gasteiger partial charge in [-0.15, -0.1) is 0 Å². The number of carbonyl (C=O) groups excluding carboxylic acids is 2. The van der Waals surface area contributed by atoms with Crippen LogP contribution in [0.25, 0.3) is 22.5 Å². The van der Waals surface area contributed by atoms with E-state index in [4.69, 9.17) is 55.6 Å². The molecule has 6 aromatic rings. The third-order valence-electron chi connectivity index (χ3n) is 12.9. The summed E-state index contributed by atoms with van der Waals surface area (Å²) < 4.78 is 14.8. The maximum absolute atomic E-state index is 12.3. The molecular weight excluding hydrogens is 884 g/mol. The molecule has 10 rings (SSSR count). The molecule has 2 aromatic carbocycles. The van der Waals surface area contributed by atoms with Crippen LogP contribution in [0, 0.1) is 22.9 Å². The molecule has 4 aromatic heterocycles. The lowest BCUT2D eigenvalue weighted by molar-refractivity contribution is 0.0992. The van der Waals surface area contributed by atoms with E-state index in [9.17, 15) is 20.1 Å². The smallest absolute Gasteiger partial charge is 0.254 e. The van der Waals surface area contributed by atoms with E-state index < -0.39 is 11.8 Å². The summed E-state index contributed by atoms with van der Waals surface area (Å²) in [4.78, 5) is 36.4. The maximum atomic E-state index is 12.3. The number of carbonyl (C=O) groups is 2. The third-order valence-corrected chi connectivity index (χ3v) is 13.3. The van der Waals surface area contributed by atoms with Gasteiger partial charge in [0.15, 0.2) is 12.4 Å². The number of nitrogen functional groups attached to an aromatic ring is 2. The fourth-order valence-corrected chi connectivity index (χ4v) is 9.17. The van der Waals surface area contributed by atoms with Crippen LogP contribution in [0.5, 0.6) is 23.3 Å². The van der Waals surface area contributed by atoms with Gasteiger partial charge >= 0.3 is 0 Å². The van der Waals surface area contributed by atoms with Gasteiger partial charge in [-0.1, -0.05) is 23.2 Å². The molecule has 66 heavy (non-hydrogen) atoms. The van der Waals surface area contributed by atoms with Crippen molar-refractivity contribution in [1.82, 2.24) is 39.3 Å². The van der Waals surface area contributed by atoms with Crippen molar-refractivity contribution in [2.24, 2.45) is 11.5 Å². The number of hydrogen-bond acceptors (Lipinski definition) is 14. The zero-order chi connectivity index (χ0) is 46.3. The van der Waals surface area contributed by atoms with Crippen molar-refractivity contribution in [2.75, 3.05) is 24.6 Å². The Bertz CT molecular complexity index is 2680. The number of primary amides is 2. The van der Waals surface area contributed by atoms with Crippen molar-refractivity contribution in [3.8, 4) is 58.2 Å². The lowest BCUT2D eigenvalue weighted by atomic mass is 9.97. The molecule has 2 aliphatic carbocycles. The van der Waals surface area contributed by atoms with E-state index in [-0.39, 0.29) is 45.9 Å². The Balaban J connectivity index is 0.000000166. The summed E-state index contributed by atoms with van der Waals surface area (Å²) in [5, 5.41) is 29.6. The summed E-state index contributed by atoms with van der Waals surface area (Å²) in [6.07, 6.45) is 15.3. The first kappa shape index (κ1) is 43.7. The molecule has 2 spiro atoms. The van der Waals surface area contributed by atoms with Crippen LogP contribution in [-0.4, -0.2) is 75.3 Å². The minimum absolute atomic E-state index is 0.0112. The van der Waals surface area contributed by atoms with Crippen LogP contribution in [0.3, 0.4) is 0 Å². The molecule has 6 heterocycles. The van der Waals surface area contributed by atoms with Gasteiger partial charge in [-0.25, -0.2) is 19.3 Å². The van der Waals surface area contributed by atoms with Crippen molar-refractivity contribution < 1.29 is 19.1 Å². The number of rotatable bonds is 10. The van der Waals surface area contributed by atoms with Crippen molar-refractivity contribution in [3.63, 3.8) is 0 Å². The number of nitrogens with zero attached hydrogens (tertiary/aromatic N) is 10. The average Bonchev–Trinajstić information content (AvgIpc) is 4.21. The highest BCUT2D eigenvalue weighted by molar-refractivity contribution is 6.30. The number of hydrogen-bond donors (Lipinski definition) is 4. The monoisotopic (exact) mass is 926 g/mol. The van der Waals surface area contributed by atoms with Crippen LogP contribution in [0.1, 0.15) is 84.2 Å². The van der Waals surface area contributed by atoms with Gasteiger partial charge in [-0.05, 0) is 112 Å². The van der Waals surface area contributed by atoms with Gasteiger partial charge in [0.2, 0.25) is 11.8 Å². The number of nitriles is 2. The molecule has 2 saturated heterocycles. The number of piperidine rings is 2. The van der Waals surface area contributed by atoms with Crippen molar-refractivity contribution in [2.45, 2.75) is 74.5 Å². The van der Waals surface area contributed by atoms with E-state index >= 15 is 0 Å². The van der Waals surface area contributed by atoms with Crippen LogP contribution in [0.2, 0.25) is 10.0 Å². The van der Waals surface area contributed by atoms with E-state index in [1.165, 1.54) is 12.4 Å². The van der Waals surface area contributed by atoms with Gasteiger partial charge in [0, 0.05) is 35.7 Å². The number of ether oxygens (including phenoxy) is 2. The number of anilines is 2. The second kappa shape index (κ2) is 17.4. The molecule has 2 amide bonds. The minimum atomic E-state index is -0.647. The van der Waals surface area contributed by atoms with Crippen LogP contribution in [-0.2, 0) is 0 Å². The quantitative estimate of drug-likeness (QED) is 0.0972. The second-order valence-corrected chi connectivity index (χ2v) is 17.8. The Morgan fingerprint density at radius 2 is 0.985 bits per heavy atom. The van der Waals surface area contributed by atoms with Gasteiger partial charge in [0.05, 0.1) is 46.3 Å². The normalized spacial score (nSPS) is 18.7. The number of pyridine rings is 2. The highest BCUT2D eigenvalue weighted by Gasteiger charge is 2.52. The van der Waals surface area contributed by atoms with E-state index in [0.717, 1.165) is 51.4 Å². The molecule has 0 bridgehead atoms. The molecule has 8 N–H and O–H groups in total. The fourth-order valence-electron chi connectivity index (χ4n) is 8.94. The minimum Gasteiger partial charge on any atom is -0.439 e. The van der Waals surface area contributed by atoms with Gasteiger partial charge in [-0.3, -0.25) is 9.59 Å². The first-order chi connectivity index (χ1) is 31.8. The van der Waals surface area contributed by atoms with E-state index in [1.54, 1.807) is 82.2 Å². The van der Waals surface area contributed by atoms with Gasteiger partial charge in [-0.2, -0.15) is 20.7 Å². The first-order valence-electron chi connectivity index (χ1n) is 21.3. The molecule has 0 radical (unpaired) electrons. The predicted octanol–water partition coefficient (Wildman–Crippen LogP) is 7.44. The van der Waals surface area contributed by atoms with Crippen LogP contribution in [0.4, 0.5) is 11.6 Å². The van der Waals surface area contributed by atoms with Crippen LogP contribution < -0.4 is 32.4 Å². The Labute approximate surface area is 389 Å². The van der Waals surface area contributed by atoms with Crippen LogP contribution >= 0.6 is 23.2 Å². The summed E-state index contributed by atoms with van der Waals surface area (Å²) in [7, 11) is 0. The Kier molecular flexibility index (Phi) is 11.6. The van der Waals surface area contributed by atoms with E-state index in [1.807, 2.05) is 9.80 Å². The number of likely N-dealkylation sites (tertiary alicyclic amines) is 2. The lowest BCUT2D eigenvalue weighted by Gasteiger charge is -2.36. The molecule has 2 saturated carbocycles. The highest BCUT2D eigenvalue weighted by atomic mass is 35.5. The predicted molar refractivity (Wildman–Crippen MR) is 245 cm³/mol. The first-order valence-corrected chi connectivity index (χ1v) is 22.1. The number of nitrogens with two attached hydrogens (primary N) is 4. The molecular formula is C46H44Cl2N14O4. The van der Waals surface area contributed by atoms with Crippen molar-refractivity contribution in [3.05, 3.63) is 106 Å². The van der Waals surface area contributed by atoms with Crippen molar-refractivity contribution >= 4 is 46.7 Å². The van der Waals surface area contributed by atoms with Gasteiger partial charge in [0.1, 0.15) is 45.6 Å². The summed E-state index contributed by atoms with van der Waals surface area (Å²) >= 11 is 11.7. The number of benzene rings is 2. The zero-order valence-corrected chi connectivity index (χ0v) is 37.0. The Hall–Kier alpha value is -7.54. The molecule has 18 nitrogen and oxygen atoms in total. The SMILES string of the molecule is N#CN1C[C@@H](n2nc(-c3ccc(Oc4ccc(Cl)cn4)cc3)c(C(N)=O)c2N)CCC12CC2.N#CN1C[C@H](n2nc(-c3ccc(Oc4ccc(Cl)cn4)cc3)c(C(N)=O)c2N)CCC12CC2. The highest BCUT2D eigenvalue weighted by Crippen LogP contribution is 2.51. The summed E-state index contributed by atoms with van der Waals surface area (Å²) in [5.41, 5.74) is 26.6. The van der Waals surface area contributed by atoms with Crippen molar-refractivity contribution in [1.29, 1.82) is 10.5 Å². The molecule has 4 aliphatic rings. The van der Waals surface area contributed by atoms with Gasteiger partial charge in [0.25, 0.3) is 11.8 Å². The molecule has 2 atom stereocenters. The summed E-state index contributed by atoms with van der Waals surface area (Å²) in [6.45, 7) is 1.03. The van der Waals surface area contributed by atoms with Crippen LogP contribution in [0.15, 0.2) is 85.2 Å². The number of amides is 2. The molecule has 0 unspecified atom stereocenters. The summed E-state index contributed by atoms with van der Waals surface area (Å²) in [6, 6.07) is 20.6. The second-order valence-electron chi connectivity index (χ2n) is 17.0. The molecule has 4 fully saturated rings. The lowest BCUT2D eigenvalue weighted by Crippen LogP contribution is -2.43. The topological polar surface area (TPSA) is 272 Å². The van der Waals surface area contributed by atoms with Gasteiger partial charge < -0.3 is 42.2 Å². The third kappa shape index (κ3) is 8.56. The molecule has 2 aliphatic heterocycles. The summed E-state index contributed by atoms with van der Waals surface area (Å²) in [5.74, 6) is 1.09. The standard InChI is InChI=1S/2C23H22ClN7O2/c2*24-15-3-6-18(28-11-15)33-17-4-1-14(2-5-17)20-19(22(27)32)21(26)31(29-20)16-7-8-23(9-10-23)30(12-16)13-25/h2*1-6,11,16H,7-10,12,26H2,(H2,27,32)/t2*16-/m10/s1.